The van der Waals surface area contributed by atoms with E-state index in [0.29, 0.717) is 11.8 Å². The monoisotopic (exact) mass is 291 g/mol. The van der Waals surface area contributed by atoms with Crippen LogP contribution in [0.4, 0.5) is 14.5 Å². The Hall–Kier alpha value is -2.76. The summed E-state index contributed by atoms with van der Waals surface area (Å²) in [4.78, 5) is 22.6. The maximum Gasteiger partial charge on any atom is 0.335 e. The first-order chi connectivity index (χ1) is 9.88. The molecule has 4 nitrogen and oxygen atoms in total. The Labute approximate surface area is 119 Å². The number of carbonyl (C=O) groups excluding carboxylic acids is 1. The van der Waals surface area contributed by atoms with Crippen LogP contribution in [-0.2, 0) is 0 Å². The highest BCUT2D eigenvalue weighted by molar-refractivity contribution is 6.04. The Bertz CT molecular complexity index is 712. The fraction of sp³-hybridized carbons (Fsp3) is 0.0667. The van der Waals surface area contributed by atoms with Gasteiger partial charge in [-0.2, -0.15) is 0 Å². The van der Waals surface area contributed by atoms with Crippen LogP contribution in [0.5, 0.6) is 0 Å². The molecular weight excluding hydrogens is 280 g/mol. The first-order valence-electron chi connectivity index (χ1n) is 5.99. The van der Waals surface area contributed by atoms with Crippen LogP contribution < -0.4 is 5.32 Å². The number of nitrogens with one attached hydrogen (secondary N) is 1. The van der Waals surface area contributed by atoms with Crippen molar-refractivity contribution >= 4 is 17.6 Å². The Kier molecular flexibility index (Phi) is 3.98. The van der Waals surface area contributed by atoms with E-state index in [4.69, 9.17) is 5.11 Å². The number of carboxylic acid groups (broad SMARTS) is 1. The number of halogens is 2. The molecule has 0 saturated heterocycles. The number of aryl methyl sites for hydroxylation is 1. The summed E-state index contributed by atoms with van der Waals surface area (Å²) in [7, 11) is 0. The fourth-order valence-electron chi connectivity index (χ4n) is 1.73. The van der Waals surface area contributed by atoms with E-state index in [9.17, 15) is 18.4 Å². The van der Waals surface area contributed by atoms with Crippen LogP contribution in [0.25, 0.3) is 0 Å². The lowest BCUT2D eigenvalue weighted by molar-refractivity contribution is 0.0696. The molecule has 0 aliphatic carbocycles. The van der Waals surface area contributed by atoms with Gasteiger partial charge in [0.1, 0.15) is 11.6 Å². The molecule has 0 aliphatic rings. The second-order valence-corrected chi connectivity index (χ2v) is 4.42. The molecule has 2 aromatic rings. The molecule has 2 aromatic carbocycles. The molecular formula is C15H11F2NO3. The highest BCUT2D eigenvalue weighted by Crippen LogP contribution is 2.17. The molecule has 21 heavy (non-hydrogen) atoms. The van der Waals surface area contributed by atoms with Gasteiger partial charge in [0.15, 0.2) is 0 Å². The van der Waals surface area contributed by atoms with Gasteiger partial charge in [0.05, 0.1) is 11.1 Å². The topological polar surface area (TPSA) is 66.4 Å². The van der Waals surface area contributed by atoms with E-state index in [1.165, 1.54) is 31.2 Å². The number of hydrogen-bond donors (Lipinski definition) is 2. The van der Waals surface area contributed by atoms with Crippen LogP contribution in [0.3, 0.4) is 0 Å². The van der Waals surface area contributed by atoms with Crippen LogP contribution in [0.1, 0.15) is 26.3 Å². The predicted octanol–water partition coefficient (Wildman–Crippen LogP) is 3.22. The van der Waals surface area contributed by atoms with E-state index < -0.39 is 23.5 Å². The van der Waals surface area contributed by atoms with Gasteiger partial charge in [-0.05, 0) is 42.8 Å². The van der Waals surface area contributed by atoms with Crippen LogP contribution in [-0.4, -0.2) is 17.0 Å². The molecule has 108 valence electrons. The number of hydrogen-bond acceptors (Lipinski definition) is 2. The highest BCUT2D eigenvalue weighted by Gasteiger charge is 2.15. The van der Waals surface area contributed by atoms with E-state index in [1.807, 2.05) is 0 Å². The highest BCUT2D eigenvalue weighted by atomic mass is 19.1. The molecule has 0 heterocycles. The van der Waals surface area contributed by atoms with Crippen molar-refractivity contribution in [1.29, 1.82) is 0 Å². The minimum atomic E-state index is -1.09. The van der Waals surface area contributed by atoms with Gasteiger partial charge in [-0.15, -0.1) is 0 Å². The number of carbonyl (C=O) groups is 2. The summed E-state index contributed by atoms with van der Waals surface area (Å²) in [6.45, 7) is 1.42. The molecule has 0 aromatic heterocycles. The number of aromatic carboxylic acids is 1. The summed E-state index contributed by atoms with van der Waals surface area (Å²) in [6.07, 6.45) is 0. The zero-order valence-electron chi connectivity index (χ0n) is 11.0. The molecule has 0 unspecified atom stereocenters. The first kappa shape index (κ1) is 14.6. The van der Waals surface area contributed by atoms with E-state index >= 15 is 0 Å². The van der Waals surface area contributed by atoms with E-state index in [-0.39, 0.29) is 16.7 Å². The molecule has 0 radical (unpaired) electrons. The summed E-state index contributed by atoms with van der Waals surface area (Å²) >= 11 is 0. The second-order valence-electron chi connectivity index (χ2n) is 4.42. The quantitative estimate of drug-likeness (QED) is 0.912. The van der Waals surface area contributed by atoms with Gasteiger partial charge >= 0.3 is 5.97 Å². The molecule has 0 atom stereocenters. The third-order valence-electron chi connectivity index (χ3n) is 2.88. The fourth-order valence-corrected chi connectivity index (χ4v) is 1.73. The Morgan fingerprint density at radius 1 is 1.05 bits per heavy atom. The zero-order valence-corrected chi connectivity index (χ0v) is 11.0. The lowest BCUT2D eigenvalue weighted by Gasteiger charge is -2.08. The standard InChI is InChI=1S/C15H11F2NO3/c1-8-6-11(13(17)7-12(8)16)14(19)18-10-4-2-9(3-5-10)15(20)21/h2-7H,1H3,(H,18,19)(H,20,21). The minimum absolute atomic E-state index is 0.0665. The third kappa shape index (κ3) is 3.22. The Morgan fingerprint density at radius 2 is 1.67 bits per heavy atom. The summed E-state index contributed by atoms with van der Waals surface area (Å²) < 4.78 is 26.7. The van der Waals surface area contributed by atoms with Gasteiger partial charge in [0.25, 0.3) is 5.91 Å². The van der Waals surface area contributed by atoms with Crippen LogP contribution in [0, 0.1) is 18.6 Å². The number of amides is 1. The van der Waals surface area contributed by atoms with E-state index in [1.54, 1.807) is 0 Å². The molecule has 2 N–H and O–H groups in total. The number of rotatable bonds is 3. The molecule has 1 amide bonds. The largest absolute Gasteiger partial charge is 0.478 e. The van der Waals surface area contributed by atoms with Crippen molar-refractivity contribution in [3.05, 3.63) is 64.7 Å². The van der Waals surface area contributed by atoms with Crippen molar-refractivity contribution in [1.82, 2.24) is 0 Å². The predicted molar refractivity (Wildman–Crippen MR) is 72.4 cm³/mol. The van der Waals surface area contributed by atoms with Gasteiger partial charge < -0.3 is 10.4 Å². The maximum absolute atomic E-state index is 13.6. The molecule has 6 heteroatoms. The maximum atomic E-state index is 13.6. The van der Waals surface area contributed by atoms with Gasteiger partial charge in [-0.3, -0.25) is 4.79 Å². The smallest absolute Gasteiger partial charge is 0.335 e. The number of anilines is 1. The normalized spacial score (nSPS) is 10.2. The second kappa shape index (κ2) is 5.70. The van der Waals surface area contributed by atoms with Gasteiger partial charge in [0, 0.05) is 11.8 Å². The summed E-state index contributed by atoms with van der Waals surface area (Å²) in [5.74, 6) is -3.51. The van der Waals surface area contributed by atoms with Crippen molar-refractivity contribution in [3.63, 3.8) is 0 Å². The molecule has 0 aliphatic heterocycles. The van der Waals surface area contributed by atoms with Crippen molar-refractivity contribution in [2.75, 3.05) is 5.32 Å². The van der Waals surface area contributed by atoms with E-state index in [2.05, 4.69) is 5.32 Å². The van der Waals surface area contributed by atoms with Gasteiger partial charge in [-0.1, -0.05) is 0 Å². The van der Waals surface area contributed by atoms with Crippen LogP contribution >= 0.6 is 0 Å². The summed E-state index contributed by atoms with van der Waals surface area (Å²) in [5.41, 5.74) is 0.252. The van der Waals surface area contributed by atoms with Crippen molar-refractivity contribution in [2.45, 2.75) is 6.92 Å². The summed E-state index contributed by atoms with van der Waals surface area (Å²) in [6, 6.07) is 7.16. The Morgan fingerprint density at radius 3 is 2.24 bits per heavy atom. The number of benzene rings is 2. The molecule has 2 rings (SSSR count). The molecule has 0 fully saturated rings. The minimum Gasteiger partial charge on any atom is -0.478 e. The van der Waals surface area contributed by atoms with Crippen LogP contribution in [0.15, 0.2) is 36.4 Å². The number of carboxylic acids is 1. The molecule has 0 saturated carbocycles. The van der Waals surface area contributed by atoms with Crippen molar-refractivity contribution < 1.29 is 23.5 Å². The van der Waals surface area contributed by atoms with Gasteiger partial charge in [0.2, 0.25) is 0 Å². The average molecular weight is 291 g/mol. The van der Waals surface area contributed by atoms with Crippen molar-refractivity contribution in [2.24, 2.45) is 0 Å². The SMILES string of the molecule is Cc1cc(C(=O)Nc2ccc(C(=O)O)cc2)c(F)cc1F. The van der Waals surface area contributed by atoms with Gasteiger partial charge in [-0.25, -0.2) is 13.6 Å². The first-order valence-corrected chi connectivity index (χ1v) is 5.99. The lowest BCUT2D eigenvalue weighted by atomic mass is 10.1. The Balaban J connectivity index is 2.22. The van der Waals surface area contributed by atoms with Crippen LogP contribution in [0.2, 0.25) is 0 Å². The van der Waals surface area contributed by atoms with Crippen molar-refractivity contribution in [3.8, 4) is 0 Å². The average Bonchev–Trinajstić information content (AvgIpc) is 2.43. The molecule has 0 bridgehead atoms. The third-order valence-corrected chi connectivity index (χ3v) is 2.88. The summed E-state index contributed by atoms with van der Waals surface area (Å²) in [5, 5.41) is 11.2. The zero-order chi connectivity index (χ0) is 15.6. The lowest BCUT2D eigenvalue weighted by Crippen LogP contribution is -2.14. The molecule has 0 spiro atoms. The van der Waals surface area contributed by atoms with E-state index in [0.717, 1.165) is 6.07 Å².